The maximum Gasteiger partial charge on any atom is 0.226 e. The van der Waals surface area contributed by atoms with Gasteiger partial charge in [0.05, 0.1) is 19.0 Å². The van der Waals surface area contributed by atoms with Gasteiger partial charge in [-0.2, -0.15) is 5.10 Å². The molecule has 2 heterocycles. The molecular weight excluding hydrogens is 378 g/mol. The zero-order valence-electron chi connectivity index (χ0n) is 17.0. The second-order valence-corrected chi connectivity index (χ2v) is 7.09. The number of aromatic nitrogens is 2. The smallest absolute Gasteiger partial charge is 0.226 e. The number of benzene rings is 2. The van der Waals surface area contributed by atoms with E-state index < -0.39 is 0 Å². The van der Waals surface area contributed by atoms with Crippen molar-refractivity contribution in [2.24, 2.45) is 0 Å². The minimum absolute atomic E-state index is 0.0486. The number of fused-ring (bicyclic) bond motifs is 1. The van der Waals surface area contributed by atoms with E-state index in [0.717, 1.165) is 23.2 Å². The number of aryl methyl sites for hydroxylation is 1. The Kier molecular flexibility index (Phi) is 5.44. The van der Waals surface area contributed by atoms with E-state index in [0.29, 0.717) is 23.7 Å². The molecule has 0 saturated heterocycles. The van der Waals surface area contributed by atoms with Gasteiger partial charge in [-0.1, -0.05) is 31.0 Å². The Morgan fingerprint density at radius 2 is 2.13 bits per heavy atom. The molecule has 0 fully saturated rings. The van der Waals surface area contributed by atoms with Crippen molar-refractivity contribution in [3.05, 3.63) is 65.4 Å². The number of hydrogen-bond acceptors (Lipinski definition) is 4. The Balaban J connectivity index is 1.74. The van der Waals surface area contributed by atoms with E-state index in [4.69, 9.17) is 15.9 Å². The summed E-state index contributed by atoms with van der Waals surface area (Å²) in [6.45, 7) is 2.27. The van der Waals surface area contributed by atoms with Gasteiger partial charge in [0.25, 0.3) is 0 Å². The molecule has 1 aliphatic rings. The maximum absolute atomic E-state index is 12.5. The van der Waals surface area contributed by atoms with Crippen molar-refractivity contribution in [1.29, 1.82) is 0 Å². The highest BCUT2D eigenvalue weighted by Gasteiger charge is 2.31. The van der Waals surface area contributed by atoms with Crippen LogP contribution in [-0.4, -0.2) is 29.4 Å². The fraction of sp³-hybridized carbons (Fsp3) is 0.250. The Morgan fingerprint density at radius 1 is 1.27 bits per heavy atom. The van der Waals surface area contributed by atoms with Gasteiger partial charge in [0.2, 0.25) is 5.91 Å². The second kappa shape index (κ2) is 8.34. The van der Waals surface area contributed by atoms with Crippen LogP contribution in [0.15, 0.2) is 48.7 Å². The molecule has 1 atom stereocenters. The van der Waals surface area contributed by atoms with Crippen LogP contribution in [0.2, 0.25) is 0 Å². The predicted molar refractivity (Wildman–Crippen MR) is 115 cm³/mol. The van der Waals surface area contributed by atoms with Crippen LogP contribution in [0.25, 0.3) is 5.69 Å². The molecule has 152 valence electrons. The summed E-state index contributed by atoms with van der Waals surface area (Å²) in [5.41, 5.74) is 4.06. The quantitative estimate of drug-likeness (QED) is 0.636. The summed E-state index contributed by atoms with van der Waals surface area (Å²) >= 11 is 0. The molecule has 6 nitrogen and oxygen atoms in total. The molecule has 2 aromatic carbocycles. The monoisotopic (exact) mass is 401 g/mol. The highest BCUT2D eigenvalue weighted by atomic mass is 16.5. The van der Waals surface area contributed by atoms with Crippen molar-refractivity contribution < 1.29 is 14.3 Å². The van der Waals surface area contributed by atoms with Crippen molar-refractivity contribution in [1.82, 2.24) is 9.78 Å². The van der Waals surface area contributed by atoms with E-state index >= 15 is 0 Å². The number of amides is 1. The summed E-state index contributed by atoms with van der Waals surface area (Å²) in [6.07, 6.45) is 8.37. The lowest BCUT2D eigenvalue weighted by atomic mass is 9.87. The van der Waals surface area contributed by atoms with Crippen LogP contribution in [0, 0.1) is 12.3 Å². The third-order valence-corrected chi connectivity index (χ3v) is 5.28. The number of carbonyl (C=O) groups is 1. The molecule has 3 aromatic rings. The van der Waals surface area contributed by atoms with Gasteiger partial charge < -0.3 is 14.8 Å². The van der Waals surface area contributed by atoms with Gasteiger partial charge in [0, 0.05) is 17.9 Å². The Labute approximate surface area is 175 Å². The SMILES string of the molecule is C#CCOc1ccc(C2CC(=O)Nc3c2cnn3-c2cccc(CC)c2)cc1OC. The molecule has 4 rings (SSSR count). The van der Waals surface area contributed by atoms with Crippen molar-refractivity contribution in [3.63, 3.8) is 0 Å². The van der Waals surface area contributed by atoms with Crippen LogP contribution >= 0.6 is 0 Å². The molecule has 1 aliphatic heterocycles. The van der Waals surface area contributed by atoms with Gasteiger partial charge in [-0.25, -0.2) is 4.68 Å². The highest BCUT2D eigenvalue weighted by molar-refractivity contribution is 5.94. The van der Waals surface area contributed by atoms with Crippen LogP contribution in [0.5, 0.6) is 11.5 Å². The number of anilines is 1. The Hall–Kier alpha value is -3.72. The zero-order valence-corrected chi connectivity index (χ0v) is 17.0. The van der Waals surface area contributed by atoms with Crippen LogP contribution in [-0.2, 0) is 11.2 Å². The number of nitrogens with zero attached hydrogens (tertiary/aromatic N) is 2. The van der Waals surface area contributed by atoms with Crippen LogP contribution < -0.4 is 14.8 Å². The number of nitrogens with one attached hydrogen (secondary N) is 1. The van der Waals surface area contributed by atoms with Crippen molar-refractivity contribution >= 4 is 11.7 Å². The van der Waals surface area contributed by atoms with Crippen molar-refractivity contribution in [3.8, 4) is 29.5 Å². The third-order valence-electron chi connectivity index (χ3n) is 5.28. The van der Waals surface area contributed by atoms with E-state index in [2.05, 4.69) is 35.4 Å². The van der Waals surface area contributed by atoms with Crippen LogP contribution in [0.4, 0.5) is 5.82 Å². The standard InChI is InChI=1S/C24H23N3O3/c1-4-11-30-21-10-9-17(13-22(21)29-3)19-14-23(28)26-24-20(19)15-25-27(24)18-8-6-7-16(5-2)12-18/h1,6-10,12-13,15,19H,5,11,14H2,2-3H3,(H,26,28). The summed E-state index contributed by atoms with van der Waals surface area (Å²) in [5.74, 6) is 4.13. The average Bonchev–Trinajstić information content (AvgIpc) is 3.20. The second-order valence-electron chi connectivity index (χ2n) is 7.09. The molecule has 1 unspecified atom stereocenters. The lowest BCUT2D eigenvalue weighted by molar-refractivity contribution is -0.116. The predicted octanol–water partition coefficient (Wildman–Crippen LogP) is 3.93. The molecule has 1 N–H and O–H groups in total. The highest BCUT2D eigenvalue weighted by Crippen LogP contribution is 2.40. The fourth-order valence-corrected chi connectivity index (χ4v) is 3.76. The summed E-state index contributed by atoms with van der Waals surface area (Å²) in [5, 5.41) is 7.57. The molecule has 1 amide bonds. The average molecular weight is 401 g/mol. The molecule has 0 radical (unpaired) electrons. The summed E-state index contributed by atoms with van der Waals surface area (Å²) < 4.78 is 12.8. The summed E-state index contributed by atoms with van der Waals surface area (Å²) in [7, 11) is 1.58. The van der Waals surface area contributed by atoms with E-state index in [1.165, 1.54) is 5.56 Å². The number of rotatable bonds is 6. The normalized spacial score (nSPS) is 15.1. The first-order valence-electron chi connectivity index (χ1n) is 9.85. The topological polar surface area (TPSA) is 65.4 Å². The fourth-order valence-electron chi connectivity index (χ4n) is 3.76. The molecule has 1 aromatic heterocycles. The summed E-state index contributed by atoms with van der Waals surface area (Å²) in [6, 6.07) is 13.8. The number of methoxy groups -OCH3 is 1. The van der Waals surface area contributed by atoms with Gasteiger partial charge in [0.15, 0.2) is 11.5 Å². The third kappa shape index (κ3) is 3.62. The molecule has 30 heavy (non-hydrogen) atoms. The van der Waals surface area contributed by atoms with Gasteiger partial charge in [-0.15, -0.1) is 6.42 Å². The molecular formula is C24H23N3O3. The first-order chi connectivity index (χ1) is 14.6. The first kappa shape index (κ1) is 19.6. The number of ether oxygens (including phenoxy) is 2. The number of terminal acetylenes is 1. The molecule has 0 spiro atoms. The molecule has 6 heteroatoms. The zero-order chi connectivity index (χ0) is 21.1. The van der Waals surface area contributed by atoms with Gasteiger partial charge in [0.1, 0.15) is 12.4 Å². The Bertz CT molecular complexity index is 1130. The van der Waals surface area contributed by atoms with E-state index in [9.17, 15) is 4.79 Å². The lowest BCUT2D eigenvalue weighted by Gasteiger charge is -2.24. The van der Waals surface area contributed by atoms with E-state index in [1.807, 2.05) is 36.5 Å². The number of hydrogen-bond donors (Lipinski definition) is 1. The van der Waals surface area contributed by atoms with Crippen LogP contribution in [0.1, 0.15) is 36.0 Å². The van der Waals surface area contributed by atoms with Crippen molar-refractivity contribution in [2.45, 2.75) is 25.7 Å². The lowest BCUT2D eigenvalue weighted by Crippen LogP contribution is -2.24. The van der Waals surface area contributed by atoms with Crippen molar-refractivity contribution in [2.75, 3.05) is 19.0 Å². The van der Waals surface area contributed by atoms with Gasteiger partial charge >= 0.3 is 0 Å². The summed E-state index contributed by atoms with van der Waals surface area (Å²) in [4.78, 5) is 12.5. The van der Waals surface area contributed by atoms with Gasteiger partial charge in [-0.3, -0.25) is 4.79 Å². The minimum Gasteiger partial charge on any atom is -0.493 e. The van der Waals surface area contributed by atoms with E-state index in [1.54, 1.807) is 11.8 Å². The van der Waals surface area contributed by atoms with E-state index in [-0.39, 0.29) is 18.4 Å². The maximum atomic E-state index is 12.5. The van der Waals surface area contributed by atoms with Gasteiger partial charge in [-0.05, 0) is 41.8 Å². The molecule has 0 aliphatic carbocycles. The molecule has 0 bridgehead atoms. The number of carbonyl (C=O) groups excluding carboxylic acids is 1. The molecule has 0 saturated carbocycles. The first-order valence-corrected chi connectivity index (χ1v) is 9.85. The Morgan fingerprint density at radius 3 is 2.90 bits per heavy atom. The minimum atomic E-state index is -0.132. The largest absolute Gasteiger partial charge is 0.493 e. The van der Waals surface area contributed by atoms with Crippen LogP contribution in [0.3, 0.4) is 0 Å².